The Kier molecular flexibility index (Phi) is 4.65. The van der Waals surface area contributed by atoms with Crippen molar-refractivity contribution < 1.29 is 0 Å². The van der Waals surface area contributed by atoms with Gasteiger partial charge in [-0.05, 0) is 25.6 Å². The number of nitrogens with zero attached hydrogens (tertiary/aromatic N) is 3. The van der Waals surface area contributed by atoms with Crippen molar-refractivity contribution in [2.45, 2.75) is 26.3 Å². The molecule has 1 unspecified atom stereocenters. The second-order valence-corrected chi connectivity index (χ2v) is 5.49. The van der Waals surface area contributed by atoms with Gasteiger partial charge in [-0.15, -0.1) is 0 Å². The highest BCUT2D eigenvalue weighted by atomic mass is 15.4. The average Bonchev–Trinajstić information content (AvgIpc) is 2.78. The van der Waals surface area contributed by atoms with Crippen molar-refractivity contribution in [2.75, 3.05) is 32.7 Å². The van der Waals surface area contributed by atoms with Crippen LogP contribution in [0.2, 0.25) is 0 Å². The van der Waals surface area contributed by atoms with E-state index in [-0.39, 0.29) is 5.54 Å². The normalized spacial score (nSPS) is 22.4. The molecular formula is C16H26N4. The third-order valence-corrected chi connectivity index (χ3v) is 4.35. The van der Waals surface area contributed by atoms with Gasteiger partial charge in [-0.3, -0.25) is 4.99 Å². The summed E-state index contributed by atoms with van der Waals surface area (Å²) in [5, 5.41) is 0. The van der Waals surface area contributed by atoms with Crippen LogP contribution in [0.3, 0.4) is 0 Å². The van der Waals surface area contributed by atoms with Crippen LogP contribution in [0.1, 0.15) is 26.3 Å². The van der Waals surface area contributed by atoms with Crippen LogP contribution < -0.4 is 5.73 Å². The molecule has 1 aromatic carbocycles. The van der Waals surface area contributed by atoms with E-state index in [4.69, 9.17) is 5.73 Å². The number of hydrogen-bond acceptors (Lipinski definition) is 4. The fourth-order valence-electron chi connectivity index (χ4n) is 2.85. The summed E-state index contributed by atoms with van der Waals surface area (Å²) < 4.78 is 0. The molecule has 1 atom stereocenters. The number of aliphatic imine (C=N–C) groups is 1. The fourth-order valence-corrected chi connectivity index (χ4v) is 2.85. The molecule has 0 saturated heterocycles. The van der Waals surface area contributed by atoms with Crippen molar-refractivity contribution in [1.29, 1.82) is 0 Å². The molecule has 0 aliphatic carbocycles. The summed E-state index contributed by atoms with van der Waals surface area (Å²) in [6.45, 7) is 11.4. The van der Waals surface area contributed by atoms with Gasteiger partial charge in [-0.2, -0.15) is 0 Å². The molecule has 0 bridgehead atoms. The third kappa shape index (κ3) is 2.80. The van der Waals surface area contributed by atoms with Crippen molar-refractivity contribution >= 4 is 5.96 Å². The maximum absolute atomic E-state index is 6.12. The van der Waals surface area contributed by atoms with Crippen LogP contribution >= 0.6 is 0 Å². The number of likely N-dealkylation sites (N-methyl/N-ethyl adjacent to an activating group) is 1. The van der Waals surface area contributed by atoms with Gasteiger partial charge in [0.25, 0.3) is 0 Å². The summed E-state index contributed by atoms with van der Waals surface area (Å²) in [5.41, 5.74) is 7.29. The SMILES string of the molecule is CCN(CC)CCN1C(N)=NCC1(C)c1ccccc1. The van der Waals surface area contributed by atoms with Crippen LogP contribution in [0.15, 0.2) is 35.3 Å². The van der Waals surface area contributed by atoms with Gasteiger partial charge < -0.3 is 15.5 Å². The minimum Gasteiger partial charge on any atom is -0.370 e. The second-order valence-electron chi connectivity index (χ2n) is 5.49. The molecule has 1 aliphatic rings. The topological polar surface area (TPSA) is 44.9 Å². The van der Waals surface area contributed by atoms with Gasteiger partial charge in [0.05, 0.1) is 12.1 Å². The van der Waals surface area contributed by atoms with Crippen molar-refractivity contribution in [1.82, 2.24) is 9.80 Å². The van der Waals surface area contributed by atoms with Gasteiger partial charge in [-0.25, -0.2) is 0 Å². The highest BCUT2D eigenvalue weighted by molar-refractivity contribution is 5.81. The van der Waals surface area contributed by atoms with Gasteiger partial charge in [0, 0.05) is 13.1 Å². The highest BCUT2D eigenvalue weighted by Gasteiger charge is 2.39. The molecule has 2 rings (SSSR count). The minimum absolute atomic E-state index is 0.113. The van der Waals surface area contributed by atoms with Gasteiger partial charge in [0.2, 0.25) is 0 Å². The summed E-state index contributed by atoms with van der Waals surface area (Å²) in [4.78, 5) is 9.14. The molecule has 1 heterocycles. The van der Waals surface area contributed by atoms with Gasteiger partial charge in [0.15, 0.2) is 5.96 Å². The van der Waals surface area contributed by atoms with Crippen LogP contribution in [0.25, 0.3) is 0 Å². The van der Waals surface area contributed by atoms with E-state index in [2.05, 4.69) is 59.8 Å². The first-order valence-corrected chi connectivity index (χ1v) is 7.47. The smallest absolute Gasteiger partial charge is 0.192 e. The Morgan fingerprint density at radius 2 is 1.90 bits per heavy atom. The monoisotopic (exact) mass is 274 g/mol. The van der Waals surface area contributed by atoms with Crippen molar-refractivity contribution in [3.05, 3.63) is 35.9 Å². The maximum Gasteiger partial charge on any atom is 0.192 e. The Bertz CT molecular complexity index is 453. The molecule has 0 spiro atoms. The molecule has 0 fully saturated rings. The molecule has 1 aliphatic heterocycles. The molecular weight excluding hydrogens is 248 g/mol. The van der Waals surface area contributed by atoms with Crippen LogP contribution in [0.4, 0.5) is 0 Å². The lowest BCUT2D eigenvalue weighted by molar-refractivity contribution is 0.188. The second kappa shape index (κ2) is 6.27. The molecule has 4 nitrogen and oxygen atoms in total. The lowest BCUT2D eigenvalue weighted by Gasteiger charge is -2.37. The quantitative estimate of drug-likeness (QED) is 0.861. The van der Waals surface area contributed by atoms with Gasteiger partial charge >= 0.3 is 0 Å². The number of benzene rings is 1. The maximum atomic E-state index is 6.12. The lowest BCUT2D eigenvalue weighted by atomic mass is 9.91. The van der Waals surface area contributed by atoms with Crippen LogP contribution in [0.5, 0.6) is 0 Å². The largest absolute Gasteiger partial charge is 0.370 e. The fraction of sp³-hybridized carbons (Fsp3) is 0.562. The molecule has 110 valence electrons. The Balaban J connectivity index is 2.14. The minimum atomic E-state index is -0.113. The van der Waals surface area contributed by atoms with Crippen molar-refractivity contribution in [2.24, 2.45) is 10.7 Å². The first-order chi connectivity index (χ1) is 9.61. The third-order valence-electron chi connectivity index (χ3n) is 4.35. The van der Waals surface area contributed by atoms with Crippen molar-refractivity contribution in [3.63, 3.8) is 0 Å². The molecule has 0 aromatic heterocycles. The lowest BCUT2D eigenvalue weighted by Crippen LogP contribution is -2.50. The van der Waals surface area contributed by atoms with Crippen LogP contribution in [-0.2, 0) is 5.54 Å². The summed E-state index contributed by atoms with van der Waals surface area (Å²) in [6, 6.07) is 10.5. The van der Waals surface area contributed by atoms with E-state index in [9.17, 15) is 0 Å². The number of hydrogen-bond donors (Lipinski definition) is 1. The average molecular weight is 274 g/mol. The van der Waals surface area contributed by atoms with E-state index >= 15 is 0 Å². The molecule has 2 N–H and O–H groups in total. The predicted molar refractivity (Wildman–Crippen MR) is 84.8 cm³/mol. The van der Waals surface area contributed by atoms with Crippen molar-refractivity contribution in [3.8, 4) is 0 Å². The van der Waals surface area contributed by atoms with Gasteiger partial charge in [0.1, 0.15) is 0 Å². The Hall–Kier alpha value is -1.55. The Morgan fingerprint density at radius 3 is 2.50 bits per heavy atom. The number of nitrogens with two attached hydrogens (primary N) is 1. The summed E-state index contributed by atoms with van der Waals surface area (Å²) in [7, 11) is 0. The molecule has 0 saturated carbocycles. The molecule has 1 aromatic rings. The summed E-state index contributed by atoms with van der Waals surface area (Å²) >= 11 is 0. The predicted octanol–water partition coefficient (Wildman–Crippen LogP) is 1.87. The zero-order chi connectivity index (χ0) is 14.6. The van der Waals surface area contributed by atoms with E-state index in [1.54, 1.807) is 0 Å². The van der Waals surface area contributed by atoms with Crippen LogP contribution in [0, 0.1) is 0 Å². The van der Waals surface area contributed by atoms with E-state index in [1.165, 1.54) is 5.56 Å². The number of rotatable bonds is 6. The molecule has 20 heavy (non-hydrogen) atoms. The summed E-state index contributed by atoms with van der Waals surface area (Å²) in [5.74, 6) is 0.670. The molecule has 0 amide bonds. The summed E-state index contributed by atoms with van der Waals surface area (Å²) in [6.07, 6.45) is 0. The van der Waals surface area contributed by atoms with Gasteiger partial charge in [-0.1, -0.05) is 44.2 Å². The molecule has 4 heteroatoms. The van der Waals surface area contributed by atoms with E-state index in [0.29, 0.717) is 5.96 Å². The van der Waals surface area contributed by atoms with E-state index in [1.807, 2.05) is 6.07 Å². The van der Waals surface area contributed by atoms with E-state index in [0.717, 1.165) is 32.7 Å². The highest BCUT2D eigenvalue weighted by Crippen LogP contribution is 2.32. The van der Waals surface area contributed by atoms with Crippen LogP contribution in [-0.4, -0.2) is 48.5 Å². The zero-order valence-corrected chi connectivity index (χ0v) is 12.8. The first-order valence-electron chi connectivity index (χ1n) is 7.47. The Labute approximate surface area is 122 Å². The standard InChI is InChI=1S/C16H26N4/c1-4-19(5-2)11-12-20-15(17)18-13-16(20,3)14-9-7-6-8-10-14/h6-10H,4-5,11-13H2,1-3H3,(H2,17,18). The molecule has 0 radical (unpaired) electrons. The Morgan fingerprint density at radius 1 is 1.25 bits per heavy atom. The van der Waals surface area contributed by atoms with E-state index < -0.39 is 0 Å². The number of guanidine groups is 1. The zero-order valence-electron chi connectivity index (χ0n) is 12.8. The first kappa shape index (κ1) is 14.9.